The number of H-pyrrole nitrogens is 1. The van der Waals surface area contributed by atoms with Crippen molar-refractivity contribution in [2.45, 2.75) is 30.4 Å². The van der Waals surface area contributed by atoms with Gasteiger partial charge in [0.1, 0.15) is 10.0 Å². The van der Waals surface area contributed by atoms with E-state index in [2.05, 4.69) is 26.9 Å². The van der Waals surface area contributed by atoms with Crippen LogP contribution in [0.15, 0.2) is 52.9 Å². The Morgan fingerprint density at radius 3 is 2.83 bits per heavy atom. The SMILES string of the molecule is Cc1c(S(=O)(=O)NCCCCN2CC=C(c3c[nH]c4ccc(Cl)cc34)CC2)sc2ccc(F)cc12. The Morgan fingerprint density at radius 2 is 2.03 bits per heavy atom. The van der Waals surface area contributed by atoms with Gasteiger partial charge < -0.3 is 4.98 Å². The molecule has 0 unspecified atom stereocenters. The first-order valence-corrected chi connectivity index (χ1v) is 14.4. The van der Waals surface area contributed by atoms with E-state index in [1.807, 2.05) is 18.2 Å². The lowest BCUT2D eigenvalue weighted by Gasteiger charge is -2.26. The summed E-state index contributed by atoms with van der Waals surface area (Å²) in [6.07, 6.45) is 6.97. The molecule has 2 aromatic heterocycles. The van der Waals surface area contributed by atoms with E-state index < -0.39 is 10.0 Å². The largest absolute Gasteiger partial charge is 0.361 e. The van der Waals surface area contributed by atoms with E-state index in [1.54, 1.807) is 13.0 Å². The Balaban J connectivity index is 1.12. The van der Waals surface area contributed by atoms with Gasteiger partial charge in [-0.15, -0.1) is 11.3 Å². The van der Waals surface area contributed by atoms with Gasteiger partial charge in [0, 0.05) is 52.0 Å². The number of rotatable bonds is 8. The molecule has 0 bridgehead atoms. The topological polar surface area (TPSA) is 65.2 Å². The van der Waals surface area contributed by atoms with Crippen LogP contribution < -0.4 is 4.72 Å². The van der Waals surface area contributed by atoms with Crippen molar-refractivity contribution in [2.24, 2.45) is 0 Å². The molecule has 35 heavy (non-hydrogen) atoms. The molecule has 2 N–H and O–H groups in total. The summed E-state index contributed by atoms with van der Waals surface area (Å²) in [5.74, 6) is -0.360. The van der Waals surface area contributed by atoms with E-state index in [4.69, 9.17) is 11.6 Å². The number of aromatic amines is 1. The molecule has 0 spiro atoms. The van der Waals surface area contributed by atoms with Gasteiger partial charge in [-0.25, -0.2) is 17.5 Å². The maximum absolute atomic E-state index is 13.6. The molecule has 2 aromatic carbocycles. The van der Waals surface area contributed by atoms with Crippen molar-refractivity contribution in [3.05, 3.63) is 70.6 Å². The minimum Gasteiger partial charge on any atom is -0.361 e. The fourth-order valence-electron chi connectivity index (χ4n) is 4.68. The van der Waals surface area contributed by atoms with Gasteiger partial charge in [0.05, 0.1) is 0 Å². The molecule has 0 saturated heterocycles. The molecule has 1 aliphatic rings. The Morgan fingerprint density at radius 1 is 1.17 bits per heavy atom. The first kappa shape index (κ1) is 24.5. The van der Waals surface area contributed by atoms with Crippen LogP contribution in [0.3, 0.4) is 0 Å². The summed E-state index contributed by atoms with van der Waals surface area (Å²) in [7, 11) is -3.61. The molecule has 0 saturated carbocycles. The van der Waals surface area contributed by atoms with E-state index in [0.717, 1.165) is 59.5 Å². The Bertz CT molecular complexity index is 1520. The summed E-state index contributed by atoms with van der Waals surface area (Å²) in [4.78, 5) is 5.72. The average molecular weight is 532 g/mol. The van der Waals surface area contributed by atoms with Crippen molar-refractivity contribution >= 4 is 59.5 Å². The standard InChI is InChI=1S/C26H27ClFN3O2S2/c1-17-21-15-20(28)5-7-25(21)34-26(17)35(32,33)30-10-2-3-11-31-12-8-18(9-13-31)23-16-29-24-6-4-19(27)14-22(23)24/h4-8,14-16,29-30H,2-3,9-13H2,1H3. The van der Waals surface area contributed by atoms with Gasteiger partial charge in [-0.1, -0.05) is 17.7 Å². The molecule has 5 nitrogen and oxygen atoms in total. The third-order valence-electron chi connectivity index (χ3n) is 6.57. The molecule has 1 aliphatic heterocycles. The predicted octanol–water partition coefficient (Wildman–Crippen LogP) is 6.33. The number of nitrogens with one attached hydrogen (secondary N) is 2. The lowest BCUT2D eigenvalue weighted by Crippen LogP contribution is -2.30. The fraction of sp³-hybridized carbons (Fsp3) is 0.308. The van der Waals surface area contributed by atoms with Crippen LogP contribution in [0.1, 0.15) is 30.4 Å². The van der Waals surface area contributed by atoms with Crippen LogP contribution in [-0.4, -0.2) is 44.5 Å². The molecule has 184 valence electrons. The summed E-state index contributed by atoms with van der Waals surface area (Å²) in [5.41, 5.74) is 4.25. The van der Waals surface area contributed by atoms with Gasteiger partial charge >= 0.3 is 0 Å². The van der Waals surface area contributed by atoms with Crippen molar-refractivity contribution in [2.75, 3.05) is 26.2 Å². The van der Waals surface area contributed by atoms with Crippen molar-refractivity contribution in [3.63, 3.8) is 0 Å². The van der Waals surface area contributed by atoms with E-state index in [9.17, 15) is 12.8 Å². The summed E-state index contributed by atoms with van der Waals surface area (Å²) in [6.45, 7) is 4.89. The minimum absolute atomic E-state index is 0.269. The number of thiophene rings is 1. The number of benzene rings is 2. The minimum atomic E-state index is -3.61. The lowest BCUT2D eigenvalue weighted by atomic mass is 9.99. The number of fused-ring (bicyclic) bond motifs is 2. The number of aromatic nitrogens is 1. The van der Waals surface area contributed by atoms with Crippen molar-refractivity contribution in [3.8, 4) is 0 Å². The zero-order valence-electron chi connectivity index (χ0n) is 19.4. The molecule has 4 aromatic rings. The second-order valence-corrected chi connectivity index (χ2v) is 12.4. The molecular weight excluding hydrogens is 505 g/mol. The highest BCUT2D eigenvalue weighted by Gasteiger charge is 2.22. The van der Waals surface area contributed by atoms with Gasteiger partial charge in [0.25, 0.3) is 0 Å². The molecular formula is C26H27ClFN3O2S2. The average Bonchev–Trinajstić information content (AvgIpc) is 3.40. The lowest BCUT2D eigenvalue weighted by molar-refractivity contribution is 0.295. The summed E-state index contributed by atoms with van der Waals surface area (Å²) in [5, 5.41) is 2.55. The summed E-state index contributed by atoms with van der Waals surface area (Å²) in [6, 6.07) is 10.3. The number of hydrogen-bond acceptors (Lipinski definition) is 4. The van der Waals surface area contributed by atoms with E-state index in [0.29, 0.717) is 17.5 Å². The molecule has 5 rings (SSSR count). The molecule has 9 heteroatoms. The van der Waals surface area contributed by atoms with E-state index in [1.165, 1.54) is 34.6 Å². The maximum Gasteiger partial charge on any atom is 0.250 e. The van der Waals surface area contributed by atoms with Gasteiger partial charge in [-0.3, -0.25) is 4.90 Å². The number of sulfonamides is 1. The summed E-state index contributed by atoms with van der Waals surface area (Å²) < 4.78 is 42.9. The zero-order chi connectivity index (χ0) is 24.6. The van der Waals surface area contributed by atoms with E-state index >= 15 is 0 Å². The Labute approximate surface area is 213 Å². The van der Waals surface area contributed by atoms with Crippen molar-refractivity contribution < 1.29 is 12.8 Å². The number of halogens is 2. The highest BCUT2D eigenvalue weighted by atomic mass is 35.5. The molecule has 0 radical (unpaired) electrons. The van der Waals surface area contributed by atoms with Gasteiger partial charge in [-0.2, -0.15) is 0 Å². The summed E-state index contributed by atoms with van der Waals surface area (Å²) >= 11 is 7.37. The maximum atomic E-state index is 13.6. The Kier molecular flexibility index (Phi) is 7.01. The van der Waals surface area contributed by atoms with Crippen molar-refractivity contribution in [1.82, 2.24) is 14.6 Å². The van der Waals surface area contributed by atoms with Crippen LogP contribution in [0.4, 0.5) is 4.39 Å². The molecule has 0 fully saturated rings. The molecule has 3 heterocycles. The first-order chi connectivity index (χ1) is 16.8. The molecule has 0 aliphatic carbocycles. The number of nitrogens with zero attached hydrogens (tertiary/aromatic N) is 1. The van der Waals surface area contributed by atoms with Crippen LogP contribution >= 0.6 is 22.9 Å². The zero-order valence-corrected chi connectivity index (χ0v) is 21.8. The molecule has 0 amide bonds. The third kappa shape index (κ3) is 5.17. The van der Waals surface area contributed by atoms with Crippen molar-refractivity contribution in [1.29, 1.82) is 0 Å². The van der Waals surface area contributed by atoms with Crippen LogP contribution in [0.5, 0.6) is 0 Å². The second-order valence-electron chi connectivity index (χ2n) is 8.93. The van der Waals surface area contributed by atoms with Crippen LogP contribution in [-0.2, 0) is 10.0 Å². The van der Waals surface area contributed by atoms with Crippen LogP contribution in [0.25, 0.3) is 26.6 Å². The first-order valence-electron chi connectivity index (χ1n) is 11.7. The quantitative estimate of drug-likeness (QED) is 0.261. The Hall–Kier alpha value is -2.23. The normalized spacial score (nSPS) is 15.2. The van der Waals surface area contributed by atoms with Crippen LogP contribution in [0.2, 0.25) is 5.02 Å². The van der Waals surface area contributed by atoms with Gasteiger partial charge in [0.15, 0.2) is 0 Å². The monoisotopic (exact) mass is 531 g/mol. The number of hydrogen-bond donors (Lipinski definition) is 2. The second kappa shape index (κ2) is 10.0. The number of aryl methyl sites for hydroxylation is 1. The highest BCUT2D eigenvalue weighted by Crippen LogP contribution is 2.34. The number of unbranched alkanes of at least 4 members (excludes halogenated alkanes) is 1. The molecule has 0 atom stereocenters. The van der Waals surface area contributed by atoms with Gasteiger partial charge in [-0.05, 0) is 85.7 Å². The van der Waals surface area contributed by atoms with E-state index in [-0.39, 0.29) is 10.0 Å². The third-order valence-corrected chi connectivity index (χ3v) is 10.2. The van der Waals surface area contributed by atoms with Crippen LogP contribution in [0, 0.1) is 12.7 Å². The highest BCUT2D eigenvalue weighted by molar-refractivity contribution is 7.91. The predicted molar refractivity (Wildman–Crippen MR) is 143 cm³/mol. The van der Waals surface area contributed by atoms with Gasteiger partial charge in [0.2, 0.25) is 10.0 Å². The fourth-order valence-corrected chi connectivity index (χ4v) is 7.71. The smallest absolute Gasteiger partial charge is 0.250 e.